The van der Waals surface area contributed by atoms with E-state index >= 15 is 0 Å². The molecule has 2 aromatic rings. The van der Waals surface area contributed by atoms with Crippen LogP contribution in [0.1, 0.15) is 33.5 Å². The van der Waals surface area contributed by atoms with Crippen molar-refractivity contribution in [2.24, 2.45) is 0 Å². The van der Waals surface area contributed by atoms with Crippen molar-refractivity contribution in [3.05, 3.63) is 70.8 Å². The third-order valence-corrected chi connectivity index (χ3v) is 5.86. The van der Waals surface area contributed by atoms with Crippen molar-refractivity contribution in [3.63, 3.8) is 0 Å². The first kappa shape index (κ1) is 20.6. The molecule has 6 heteroatoms. The molecule has 0 unspecified atom stereocenters. The lowest BCUT2D eigenvalue weighted by Crippen LogP contribution is -2.35. The topological polar surface area (TPSA) is 57.7 Å². The summed E-state index contributed by atoms with van der Waals surface area (Å²) in [6.45, 7) is 6.19. The number of hydrogen-bond acceptors (Lipinski definition) is 4. The second-order valence-corrected chi connectivity index (χ2v) is 9.82. The number of carbonyl (C=O) groups is 1. The van der Waals surface area contributed by atoms with Crippen LogP contribution < -0.4 is 0 Å². The highest BCUT2D eigenvalue weighted by molar-refractivity contribution is 7.89. The number of hydrogen-bond donors (Lipinski definition) is 0. The molecular weight excluding hydrogens is 372 g/mol. The number of aryl methyl sites for hydroxylation is 1. The van der Waals surface area contributed by atoms with Crippen LogP contribution in [0, 0.1) is 6.92 Å². The van der Waals surface area contributed by atoms with E-state index in [2.05, 4.69) is 36.1 Å². The van der Waals surface area contributed by atoms with Gasteiger partial charge >= 0.3 is 0 Å². The van der Waals surface area contributed by atoms with Gasteiger partial charge in [0.1, 0.15) is 0 Å². The van der Waals surface area contributed by atoms with Crippen molar-refractivity contribution >= 4 is 15.7 Å². The van der Waals surface area contributed by atoms with Crippen molar-refractivity contribution in [3.8, 4) is 0 Å². The normalized spacial score (nSPS) is 16.0. The quantitative estimate of drug-likeness (QED) is 0.774. The zero-order valence-corrected chi connectivity index (χ0v) is 17.4. The van der Waals surface area contributed by atoms with Gasteiger partial charge in [-0.3, -0.25) is 9.69 Å². The zero-order chi connectivity index (χ0) is 20.1. The molecular formula is C22H28N2O3S. The molecule has 0 radical (unpaired) electrons. The fraction of sp³-hybridized carbons (Fsp3) is 0.409. The van der Waals surface area contributed by atoms with E-state index < -0.39 is 9.84 Å². The van der Waals surface area contributed by atoms with E-state index in [-0.39, 0.29) is 11.7 Å². The van der Waals surface area contributed by atoms with Crippen molar-refractivity contribution < 1.29 is 13.2 Å². The summed E-state index contributed by atoms with van der Waals surface area (Å²) in [5, 5.41) is 0. The monoisotopic (exact) mass is 400 g/mol. The first-order chi connectivity index (χ1) is 13.3. The van der Waals surface area contributed by atoms with E-state index in [4.69, 9.17) is 0 Å². The van der Waals surface area contributed by atoms with Crippen LogP contribution in [-0.4, -0.2) is 56.6 Å². The van der Waals surface area contributed by atoms with Crippen molar-refractivity contribution in [2.45, 2.75) is 25.6 Å². The smallest absolute Gasteiger partial charge is 0.253 e. The number of benzene rings is 2. The second kappa shape index (κ2) is 8.88. The molecule has 1 saturated heterocycles. The summed E-state index contributed by atoms with van der Waals surface area (Å²) in [5.41, 5.74) is 3.77. The van der Waals surface area contributed by atoms with Gasteiger partial charge in [0.25, 0.3) is 5.91 Å². The summed E-state index contributed by atoms with van der Waals surface area (Å²) in [5.74, 6) is -0.0640. The van der Waals surface area contributed by atoms with E-state index in [1.807, 2.05) is 4.90 Å². The molecule has 0 spiro atoms. The maximum absolute atomic E-state index is 12.9. The van der Waals surface area contributed by atoms with Crippen LogP contribution >= 0.6 is 0 Å². The van der Waals surface area contributed by atoms with Gasteiger partial charge in [-0.1, -0.05) is 42.0 Å². The second-order valence-electron chi connectivity index (χ2n) is 7.68. The molecule has 5 nitrogen and oxygen atoms in total. The Labute approximate surface area is 167 Å². The summed E-state index contributed by atoms with van der Waals surface area (Å²) in [6, 6.07) is 15.6. The van der Waals surface area contributed by atoms with E-state index in [1.54, 1.807) is 24.3 Å². The molecule has 2 aromatic carbocycles. The lowest BCUT2D eigenvalue weighted by molar-refractivity contribution is 0.0761. The Kier molecular flexibility index (Phi) is 6.52. The van der Waals surface area contributed by atoms with Gasteiger partial charge in [0.15, 0.2) is 9.84 Å². The lowest BCUT2D eigenvalue weighted by atomic mass is 10.1. The minimum absolute atomic E-state index is 0.0208. The van der Waals surface area contributed by atoms with Gasteiger partial charge in [0.2, 0.25) is 0 Å². The minimum atomic E-state index is -3.12. The summed E-state index contributed by atoms with van der Waals surface area (Å²) >= 11 is 0. The molecule has 150 valence electrons. The Balaban J connectivity index is 1.62. The lowest BCUT2D eigenvalue weighted by Gasteiger charge is -2.22. The third kappa shape index (κ3) is 5.91. The van der Waals surface area contributed by atoms with Gasteiger partial charge in [0, 0.05) is 44.5 Å². The van der Waals surface area contributed by atoms with Gasteiger partial charge in [-0.15, -0.1) is 0 Å². The van der Waals surface area contributed by atoms with E-state index in [0.29, 0.717) is 17.7 Å². The molecule has 0 saturated carbocycles. The molecule has 1 aliphatic heterocycles. The van der Waals surface area contributed by atoms with Crippen LogP contribution in [0.5, 0.6) is 0 Å². The Morgan fingerprint density at radius 3 is 2.43 bits per heavy atom. The molecule has 1 fully saturated rings. The summed E-state index contributed by atoms with van der Waals surface area (Å²) < 4.78 is 23.1. The van der Waals surface area contributed by atoms with Gasteiger partial charge in [-0.25, -0.2) is 8.42 Å². The highest BCUT2D eigenvalue weighted by Crippen LogP contribution is 2.15. The average Bonchev–Trinajstić information content (AvgIpc) is 2.87. The van der Waals surface area contributed by atoms with Gasteiger partial charge < -0.3 is 4.90 Å². The molecule has 0 N–H and O–H groups in total. The number of sulfone groups is 1. The molecule has 0 aromatic heterocycles. The maximum Gasteiger partial charge on any atom is 0.253 e. The van der Waals surface area contributed by atoms with Gasteiger partial charge in [-0.2, -0.15) is 0 Å². The summed E-state index contributed by atoms with van der Waals surface area (Å²) in [6.07, 6.45) is 2.14. The predicted octanol–water partition coefficient (Wildman–Crippen LogP) is 2.89. The largest absolute Gasteiger partial charge is 0.337 e. The van der Waals surface area contributed by atoms with Crippen molar-refractivity contribution in [1.82, 2.24) is 9.80 Å². The molecule has 1 aliphatic rings. The van der Waals surface area contributed by atoms with Crippen molar-refractivity contribution in [1.29, 1.82) is 0 Å². The Morgan fingerprint density at radius 1 is 0.964 bits per heavy atom. The number of rotatable bonds is 5. The molecule has 3 rings (SSSR count). The zero-order valence-electron chi connectivity index (χ0n) is 16.6. The predicted molar refractivity (Wildman–Crippen MR) is 112 cm³/mol. The van der Waals surface area contributed by atoms with Crippen LogP contribution in [0.25, 0.3) is 0 Å². The highest BCUT2D eigenvalue weighted by Gasteiger charge is 2.21. The molecule has 1 amide bonds. The Morgan fingerprint density at radius 2 is 1.71 bits per heavy atom. The molecule has 0 aliphatic carbocycles. The number of nitrogens with zero attached hydrogens (tertiary/aromatic N) is 2. The van der Waals surface area contributed by atoms with E-state index in [9.17, 15) is 13.2 Å². The average molecular weight is 401 g/mol. The molecule has 0 bridgehead atoms. The van der Waals surface area contributed by atoms with Crippen LogP contribution in [-0.2, 0) is 22.1 Å². The van der Waals surface area contributed by atoms with E-state index in [1.165, 1.54) is 17.4 Å². The van der Waals surface area contributed by atoms with Crippen molar-refractivity contribution in [2.75, 3.05) is 32.4 Å². The molecule has 0 atom stereocenters. The number of amides is 1. The fourth-order valence-electron chi connectivity index (χ4n) is 3.56. The van der Waals surface area contributed by atoms with Crippen LogP contribution in [0.15, 0.2) is 48.5 Å². The van der Waals surface area contributed by atoms with Gasteiger partial charge in [-0.05, 0) is 36.6 Å². The Bertz CT molecular complexity index is 923. The fourth-order valence-corrected chi connectivity index (χ4v) is 4.35. The van der Waals surface area contributed by atoms with Crippen LogP contribution in [0.2, 0.25) is 0 Å². The van der Waals surface area contributed by atoms with Gasteiger partial charge in [0.05, 0.1) is 5.75 Å². The molecule has 28 heavy (non-hydrogen) atoms. The minimum Gasteiger partial charge on any atom is -0.337 e. The third-order valence-electron chi connectivity index (χ3n) is 5.01. The first-order valence-electron chi connectivity index (χ1n) is 9.64. The highest BCUT2D eigenvalue weighted by atomic mass is 32.2. The number of carbonyl (C=O) groups excluding carboxylic acids is 1. The maximum atomic E-state index is 12.9. The van der Waals surface area contributed by atoms with E-state index in [0.717, 1.165) is 32.6 Å². The SMILES string of the molecule is Cc1ccc(CN2CCCN(C(=O)c3cccc(CS(C)(=O)=O)c3)CC2)cc1. The summed E-state index contributed by atoms with van der Waals surface area (Å²) in [4.78, 5) is 17.2. The van der Waals surface area contributed by atoms with Crippen LogP contribution in [0.3, 0.4) is 0 Å². The first-order valence-corrected chi connectivity index (χ1v) is 11.7. The standard InChI is InChI=1S/C22H28N2O3S/c1-18-7-9-19(10-8-18)16-23-11-4-12-24(14-13-23)22(25)21-6-3-5-20(15-21)17-28(2,26)27/h3,5-10,15H,4,11-14,16-17H2,1-2H3. The Hall–Kier alpha value is -2.18. The summed E-state index contributed by atoms with van der Waals surface area (Å²) in [7, 11) is -3.12. The van der Waals surface area contributed by atoms with Crippen LogP contribution in [0.4, 0.5) is 0 Å². The molecule has 1 heterocycles.